The number of anilines is 1. The Kier molecular flexibility index (Phi) is 5.64. The first-order valence-electron chi connectivity index (χ1n) is 11.2. The van der Waals surface area contributed by atoms with Crippen molar-refractivity contribution in [2.45, 2.75) is 25.5 Å². The molecule has 3 heterocycles. The number of hydrogen-bond donors (Lipinski definition) is 1. The van der Waals surface area contributed by atoms with E-state index in [0.717, 1.165) is 11.3 Å². The van der Waals surface area contributed by atoms with Gasteiger partial charge in [-0.3, -0.25) is 14.5 Å². The normalized spacial score (nSPS) is 20.5. The van der Waals surface area contributed by atoms with Crippen LogP contribution in [-0.2, 0) is 16.0 Å². The van der Waals surface area contributed by atoms with Crippen LogP contribution in [-0.4, -0.2) is 42.1 Å². The molecule has 0 radical (unpaired) electrons. The number of ketones is 1. The molecule has 1 aromatic heterocycles. The fourth-order valence-corrected chi connectivity index (χ4v) is 4.71. The Morgan fingerprint density at radius 3 is 2.63 bits per heavy atom. The summed E-state index contributed by atoms with van der Waals surface area (Å²) >= 11 is 0. The van der Waals surface area contributed by atoms with Gasteiger partial charge in [0.25, 0.3) is 5.78 Å². The molecule has 0 bridgehead atoms. The van der Waals surface area contributed by atoms with E-state index in [9.17, 15) is 14.7 Å². The zero-order valence-corrected chi connectivity index (χ0v) is 19.5. The molecule has 1 fully saturated rings. The van der Waals surface area contributed by atoms with Crippen LogP contribution in [0.2, 0.25) is 0 Å². The molecule has 2 atom stereocenters. The second-order valence-electron chi connectivity index (χ2n) is 8.39. The molecule has 0 saturated carbocycles. The second kappa shape index (κ2) is 8.79. The number of aliphatic hydroxyl groups is 1. The van der Waals surface area contributed by atoms with E-state index in [1.807, 2.05) is 6.92 Å². The van der Waals surface area contributed by atoms with Crippen molar-refractivity contribution in [2.24, 2.45) is 0 Å². The van der Waals surface area contributed by atoms with Crippen LogP contribution in [0.5, 0.6) is 17.2 Å². The van der Waals surface area contributed by atoms with E-state index < -0.39 is 17.7 Å². The number of benzene rings is 2. The standard InChI is InChI=1S/C27H24N2O6/c1-15-13-17-14-16(10-11-19(17)35-15)24(30)22-23(18-7-6-8-20(33-2)26(18)34-3)29(27(32)25(22)31)21-9-4-5-12-28-21/h4-12,14-15,23,30H,13H2,1-3H3/b24-22+. The van der Waals surface area contributed by atoms with Gasteiger partial charge in [0, 0.05) is 23.7 Å². The van der Waals surface area contributed by atoms with E-state index in [2.05, 4.69) is 4.98 Å². The number of carbonyl (C=O) groups excluding carboxylic acids is 2. The van der Waals surface area contributed by atoms with Gasteiger partial charge in [-0.05, 0) is 48.9 Å². The molecule has 2 aromatic carbocycles. The third kappa shape index (κ3) is 3.67. The number of nitrogens with zero attached hydrogens (tertiary/aromatic N) is 2. The van der Waals surface area contributed by atoms with Gasteiger partial charge in [-0.15, -0.1) is 0 Å². The summed E-state index contributed by atoms with van der Waals surface area (Å²) < 4.78 is 16.8. The lowest BCUT2D eigenvalue weighted by molar-refractivity contribution is -0.132. The zero-order valence-electron chi connectivity index (χ0n) is 19.5. The predicted molar refractivity (Wildman–Crippen MR) is 129 cm³/mol. The first-order chi connectivity index (χ1) is 16.9. The number of para-hydroxylation sites is 1. The molecule has 3 aromatic rings. The molecule has 8 nitrogen and oxygen atoms in total. The maximum absolute atomic E-state index is 13.4. The molecule has 0 aliphatic carbocycles. The maximum atomic E-state index is 13.4. The first-order valence-corrected chi connectivity index (χ1v) is 11.2. The Morgan fingerprint density at radius 2 is 1.91 bits per heavy atom. The van der Waals surface area contributed by atoms with Crippen LogP contribution < -0.4 is 19.1 Å². The van der Waals surface area contributed by atoms with Gasteiger partial charge >= 0.3 is 5.91 Å². The highest BCUT2D eigenvalue weighted by Gasteiger charge is 2.48. The number of fused-ring (bicyclic) bond motifs is 1. The minimum atomic E-state index is -0.988. The molecular weight excluding hydrogens is 448 g/mol. The van der Waals surface area contributed by atoms with Crippen LogP contribution in [0, 0.1) is 0 Å². The monoisotopic (exact) mass is 472 g/mol. The lowest BCUT2D eigenvalue weighted by atomic mass is 9.93. The molecule has 1 saturated heterocycles. The molecule has 0 spiro atoms. The van der Waals surface area contributed by atoms with Crippen molar-refractivity contribution in [3.8, 4) is 17.2 Å². The van der Waals surface area contributed by atoms with E-state index in [-0.39, 0.29) is 23.3 Å². The van der Waals surface area contributed by atoms with Crippen molar-refractivity contribution in [1.29, 1.82) is 0 Å². The quantitative estimate of drug-likeness (QED) is 0.340. The van der Waals surface area contributed by atoms with Crippen LogP contribution in [0.4, 0.5) is 5.82 Å². The summed E-state index contributed by atoms with van der Waals surface area (Å²) in [6.07, 6.45) is 2.25. The summed E-state index contributed by atoms with van der Waals surface area (Å²) in [5, 5.41) is 11.4. The van der Waals surface area contributed by atoms with Crippen molar-refractivity contribution < 1.29 is 28.9 Å². The van der Waals surface area contributed by atoms with Crippen LogP contribution in [0.25, 0.3) is 5.76 Å². The lowest BCUT2D eigenvalue weighted by Crippen LogP contribution is -2.30. The second-order valence-corrected chi connectivity index (χ2v) is 8.39. The number of rotatable bonds is 5. The van der Waals surface area contributed by atoms with E-state index >= 15 is 0 Å². The van der Waals surface area contributed by atoms with Gasteiger partial charge in [0.2, 0.25) is 0 Å². The van der Waals surface area contributed by atoms with Gasteiger partial charge in [0.05, 0.1) is 19.8 Å². The number of aliphatic hydroxyl groups excluding tert-OH is 1. The fraction of sp³-hybridized carbons (Fsp3) is 0.222. The molecule has 5 rings (SSSR count). The topological polar surface area (TPSA) is 98.2 Å². The Morgan fingerprint density at radius 1 is 1.09 bits per heavy atom. The number of carbonyl (C=O) groups is 2. The largest absolute Gasteiger partial charge is 0.507 e. The van der Waals surface area contributed by atoms with E-state index in [0.29, 0.717) is 29.0 Å². The molecular formula is C27H24N2O6. The molecule has 35 heavy (non-hydrogen) atoms. The van der Waals surface area contributed by atoms with Crippen LogP contribution >= 0.6 is 0 Å². The first kappa shape index (κ1) is 22.5. The fourth-order valence-electron chi connectivity index (χ4n) is 4.71. The number of Topliss-reactive ketones (excluding diaryl/α,β-unsaturated/α-hetero) is 1. The average molecular weight is 472 g/mol. The van der Waals surface area contributed by atoms with Gasteiger partial charge in [-0.2, -0.15) is 0 Å². The summed E-state index contributed by atoms with van der Waals surface area (Å²) in [6, 6.07) is 14.5. The Balaban J connectivity index is 1.74. The van der Waals surface area contributed by atoms with Crippen LogP contribution in [0.3, 0.4) is 0 Å². The smallest absolute Gasteiger partial charge is 0.301 e. The van der Waals surface area contributed by atoms with Crippen molar-refractivity contribution in [1.82, 2.24) is 4.98 Å². The average Bonchev–Trinajstić information content (AvgIpc) is 3.38. The third-order valence-corrected chi connectivity index (χ3v) is 6.24. The molecule has 2 aliphatic rings. The molecule has 2 aliphatic heterocycles. The predicted octanol–water partition coefficient (Wildman–Crippen LogP) is 4.05. The van der Waals surface area contributed by atoms with Gasteiger partial charge in [-0.1, -0.05) is 18.2 Å². The van der Waals surface area contributed by atoms with E-state index in [1.54, 1.807) is 54.6 Å². The van der Waals surface area contributed by atoms with Crippen LogP contribution in [0.15, 0.2) is 66.4 Å². The van der Waals surface area contributed by atoms with Gasteiger partial charge in [-0.25, -0.2) is 4.98 Å². The van der Waals surface area contributed by atoms with Crippen molar-refractivity contribution in [2.75, 3.05) is 19.1 Å². The highest BCUT2D eigenvalue weighted by atomic mass is 16.5. The minimum absolute atomic E-state index is 0.0261. The number of methoxy groups -OCH3 is 2. The summed E-state index contributed by atoms with van der Waals surface area (Å²) in [4.78, 5) is 32.3. The van der Waals surface area contributed by atoms with Crippen molar-refractivity contribution in [3.05, 3.63) is 83.1 Å². The third-order valence-electron chi connectivity index (χ3n) is 6.24. The summed E-state index contributed by atoms with van der Waals surface area (Å²) in [5.41, 5.74) is 1.78. The molecule has 2 unspecified atom stereocenters. The number of ether oxygens (including phenoxy) is 3. The Hall–Kier alpha value is -4.33. The highest BCUT2D eigenvalue weighted by Crippen LogP contribution is 2.47. The number of pyridine rings is 1. The molecule has 8 heteroatoms. The van der Waals surface area contributed by atoms with Crippen molar-refractivity contribution in [3.63, 3.8) is 0 Å². The van der Waals surface area contributed by atoms with Crippen molar-refractivity contribution >= 4 is 23.3 Å². The maximum Gasteiger partial charge on any atom is 0.301 e. The summed E-state index contributed by atoms with van der Waals surface area (Å²) in [6.45, 7) is 1.97. The van der Waals surface area contributed by atoms with E-state index in [4.69, 9.17) is 14.2 Å². The number of aromatic nitrogens is 1. The lowest BCUT2D eigenvalue weighted by Gasteiger charge is -2.26. The molecule has 1 N–H and O–H groups in total. The summed E-state index contributed by atoms with van der Waals surface area (Å²) in [5.74, 6) is -0.0794. The zero-order chi connectivity index (χ0) is 24.7. The Bertz CT molecular complexity index is 1350. The van der Waals surface area contributed by atoms with E-state index in [1.165, 1.54) is 25.3 Å². The molecule has 178 valence electrons. The molecule has 1 amide bonds. The minimum Gasteiger partial charge on any atom is -0.507 e. The SMILES string of the molecule is COc1cccc(C2/C(=C(\O)c3ccc4c(c3)CC(C)O4)C(=O)C(=O)N2c2ccccn2)c1OC. The van der Waals surface area contributed by atoms with Gasteiger partial charge in [0.15, 0.2) is 11.5 Å². The van der Waals surface area contributed by atoms with Gasteiger partial charge in [0.1, 0.15) is 29.5 Å². The highest BCUT2D eigenvalue weighted by molar-refractivity contribution is 6.51. The van der Waals surface area contributed by atoms with Crippen LogP contribution in [0.1, 0.15) is 29.7 Å². The number of hydrogen-bond acceptors (Lipinski definition) is 7. The summed E-state index contributed by atoms with van der Waals surface area (Å²) in [7, 11) is 2.99. The number of amides is 1. The Labute approximate surface area is 202 Å². The van der Waals surface area contributed by atoms with Gasteiger partial charge < -0.3 is 19.3 Å².